The number of halogens is 1. The first-order valence-corrected chi connectivity index (χ1v) is 9.07. The smallest absolute Gasteiger partial charge is 0.227 e. The van der Waals surface area contributed by atoms with Crippen molar-refractivity contribution in [2.75, 3.05) is 43.4 Å². The molecule has 1 aliphatic heterocycles. The molecule has 0 aliphatic carbocycles. The third-order valence-corrected chi connectivity index (χ3v) is 4.79. The fourth-order valence-electron chi connectivity index (χ4n) is 3.15. The van der Waals surface area contributed by atoms with E-state index in [9.17, 15) is 4.39 Å². The molecular formula is C21H22FN5. The van der Waals surface area contributed by atoms with Crippen LogP contribution < -0.4 is 10.2 Å². The van der Waals surface area contributed by atoms with Gasteiger partial charge in [0.05, 0.1) is 5.69 Å². The van der Waals surface area contributed by atoms with E-state index in [-0.39, 0.29) is 5.82 Å². The summed E-state index contributed by atoms with van der Waals surface area (Å²) in [5.74, 6) is 0.260. The van der Waals surface area contributed by atoms with Crippen LogP contribution in [0.4, 0.5) is 21.7 Å². The predicted octanol–water partition coefficient (Wildman–Crippen LogP) is 3.78. The SMILES string of the molecule is CN1CCN(c2ccc(Nc3nccc(-c4ccc(F)cc4)n3)cc2)CC1. The Morgan fingerprint density at radius 3 is 2.30 bits per heavy atom. The molecule has 5 nitrogen and oxygen atoms in total. The van der Waals surface area contributed by atoms with Gasteiger partial charge in [-0.3, -0.25) is 0 Å². The molecule has 1 N–H and O–H groups in total. The second-order valence-corrected chi connectivity index (χ2v) is 6.73. The number of nitrogens with one attached hydrogen (secondary N) is 1. The van der Waals surface area contributed by atoms with Gasteiger partial charge in [-0.15, -0.1) is 0 Å². The number of piperazine rings is 1. The molecule has 0 atom stereocenters. The lowest BCUT2D eigenvalue weighted by atomic mass is 10.1. The Morgan fingerprint density at radius 1 is 0.889 bits per heavy atom. The first kappa shape index (κ1) is 17.4. The van der Waals surface area contributed by atoms with Gasteiger partial charge in [-0.1, -0.05) is 0 Å². The monoisotopic (exact) mass is 363 g/mol. The molecule has 0 amide bonds. The molecular weight excluding hydrogens is 341 g/mol. The van der Waals surface area contributed by atoms with Crippen LogP contribution in [-0.4, -0.2) is 48.1 Å². The van der Waals surface area contributed by atoms with E-state index in [1.54, 1.807) is 18.3 Å². The van der Waals surface area contributed by atoms with Crippen molar-refractivity contribution in [1.82, 2.24) is 14.9 Å². The van der Waals surface area contributed by atoms with Crippen LogP contribution in [0.2, 0.25) is 0 Å². The Hall–Kier alpha value is -2.99. The molecule has 0 spiro atoms. The number of aromatic nitrogens is 2. The Kier molecular flexibility index (Phi) is 4.98. The molecule has 1 saturated heterocycles. The highest BCUT2D eigenvalue weighted by atomic mass is 19.1. The molecule has 0 bridgehead atoms. The summed E-state index contributed by atoms with van der Waals surface area (Å²) in [5, 5.41) is 3.24. The Balaban J connectivity index is 1.46. The molecule has 1 fully saturated rings. The van der Waals surface area contributed by atoms with E-state index in [0.29, 0.717) is 5.95 Å². The molecule has 0 saturated carbocycles. The van der Waals surface area contributed by atoms with Crippen molar-refractivity contribution in [3.8, 4) is 11.3 Å². The largest absolute Gasteiger partial charge is 0.369 e. The van der Waals surface area contributed by atoms with E-state index < -0.39 is 0 Å². The standard InChI is InChI=1S/C21H22FN5/c1-26-12-14-27(15-13-26)19-8-6-18(7-9-19)24-21-23-11-10-20(25-21)16-2-4-17(22)5-3-16/h2-11H,12-15H2,1H3,(H,23,24,25). The van der Waals surface area contributed by atoms with Gasteiger partial charge >= 0.3 is 0 Å². The lowest BCUT2D eigenvalue weighted by Gasteiger charge is -2.34. The van der Waals surface area contributed by atoms with E-state index in [0.717, 1.165) is 43.1 Å². The molecule has 1 aliphatic rings. The van der Waals surface area contributed by atoms with Crippen molar-refractivity contribution < 1.29 is 4.39 Å². The van der Waals surface area contributed by atoms with Gasteiger partial charge in [0.25, 0.3) is 0 Å². The molecule has 0 unspecified atom stereocenters. The van der Waals surface area contributed by atoms with Crippen molar-refractivity contribution in [1.29, 1.82) is 0 Å². The summed E-state index contributed by atoms with van der Waals surface area (Å²) in [6, 6.07) is 16.4. The average molecular weight is 363 g/mol. The zero-order chi connectivity index (χ0) is 18.6. The highest BCUT2D eigenvalue weighted by Crippen LogP contribution is 2.22. The van der Waals surface area contributed by atoms with E-state index in [4.69, 9.17) is 0 Å². The highest BCUT2D eigenvalue weighted by molar-refractivity contribution is 5.63. The quantitative estimate of drug-likeness (QED) is 0.764. The first-order valence-electron chi connectivity index (χ1n) is 9.07. The predicted molar refractivity (Wildman–Crippen MR) is 107 cm³/mol. The fourth-order valence-corrected chi connectivity index (χ4v) is 3.15. The number of nitrogens with zero attached hydrogens (tertiary/aromatic N) is 4. The summed E-state index contributed by atoms with van der Waals surface area (Å²) in [4.78, 5) is 13.6. The van der Waals surface area contributed by atoms with Crippen molar-refractivity contribution >= 4 is 17.3 Å². The molecule has 2 heterocycles. The van der Waals surface area contributed by atoms with Crippen LogP contribution in [0.3, 0.4) is 0 Å². The number of hydrogen-bond acceptors (Lipinski definition) is 5. The second kappa shape index (κ2) is 7.72. The molecule has 1 aromatic heterocycles. The van der Waals surface area contributed by atoms with Gasteiger partial charge in [-0.25, -0.2) is 14.4 Å². The molecule has 138 valence electrons. The minimum Gasteiger partial charge on any atom is -0.369 e. The third kappa shape index (κ3) is 4.23. The molecule has 3 aromatic rings. The molecule has 4 rings (SSSR count). The maximum atomic E-state index is 13.1. The lowest BCUT2D eigenvalue weighted by Crippen LogP contribution is -2.44. The normalized spacial score (nSPS) is 15.0. The minimum atomic E-state index is -0.258. The van der Waals surface area contributed by atoms with Gasteiger partial charge in [-0.2, -0.15) is 0 Å². The summed E-state index contributed by atoms with van der Waals surface area (Å²) in [6.07, 6.45) is 1.70. The molecule has 6 heteroatoms. The minimum absolute atomic E-state index is 0.258. The molecule has 27 heavy (non-hydrogen) atoms. The number of hydrogen-bond donors (Lipinski definition) is 1. The fraction of sp³-hybridized carbons (Fsp3) is 0.238. The highest BCUT2D eigenvalue weighted by Gasteiger charge is 2.14. The van der Waals surface area contributed by atoms with Crippen LogP contribution in [0, 0.1) is 5.82 Å². The van der Waals surface area contributed by atoms with Crippen LogP contribution in [0.25, 0.3) is 11.3 Å². The number of rotatable bonds is 4. The third-order valence-electron chi connectivity index (χ3n) is 4.79. The topological polar surface area (TPSA) is 44.3 Å². The Labute approximate surface area is 158 Å². The average Bonchev–Trinajstić information content (AvgIpc) is 2.70. The van der Waals surface area contributed by atoms with Gasteiger partial charge in [-0.05, 0) is 61.6 Å². The van der Waals surface area contributed by atoms with E-state index in [1.165, 1.54) is 17.8 Å². The van der Waals surface area contributed by atoms with Crippen molar-refractivity contribution in [3.63, 3.8) is 0 Å². The van der Waals surface area contributed by atoms with E-state index >= 15 is 0 Å². The van der Waals surface area contributed by atoms with Gasteiger partial charge in [0.1, 0.15) is 5.82 Å². The number of benzene rings is 2. The van der Waals surface area contributed by atoms with Crippen LogP contribution >= 0.6 is 0 Å². The van der Waals surface area contributed by atoms with Crippen LogP contribution in [0.5, 0.6) is 0 Å². The summed E-state index contributed by atoms with van der Waals surface area (Å²) in [5.41, 5.74) is 3.77. The van der Waals surface area contributed by atoms with E-state index in [2.05, 4.69) is 44.3 Å². The number of anilines is 3. The summed E-state index contributed by atoms with van der Waals surface area (Å²) < 4.78 is 13.1. The molecule has 2 aromatic carbocycles. The van der Waals surface area contributed by atoms with Crippen LogP contribution in [0.1, 0.15) is 0 Å². The zero-order valence-corrected chi connectivity index (χ0v) is 15.3. The van der Waals surface area contributed by atoms with Crippen molar-refractivity contribution in [2.45, 2.75) is 0 Å². The summed E-state index contributed by atoms with van der Waals surface area (Å²) >= 11 is 0. The maximum absolute atomic E-state index is 13.1. The Bertz CT molecular complexity index is 887. The summed E-state index contributed by atoms with van der Waals surface area (Å²) in [7, 11) is 2.16. The maximum Gasteiger partial charge on any atom is 0.227 e. The Morgan fingerprint density at radius 2 is 1.59 bits per heavy atom. The first-order chi connectivity index (χ1) is 13.2. The van der Waals surface area contributed by atoms with Gasteiger partial charge < -0.3 is 15.1 Å². The lowest BCUT2D eigenvalue weighted by molar-refractivity contribution is 0.313. The zero-order valence-electron chi connectivity index (χ0n) is 15.3. The second-order valence-electron chi connectivity index (χ2n) is 6.73. The van der Waals surface area contributed by atoms with Gasteiger partial charge in [0.15, 0.2) is 0 Å². The van der Waals surface area contributed by atoms with Crippen molar-refractivity contribution in [3.05, 3.63) is 66.6 Å². The van der Waals surface area contributed by atoms with Crippen molar-refractivity contribution in [2.24, 2.45) is 0 Å². The van der Waals surface area contributed by atoms with Gasteiger partial charge in [0, 0.05) is 49.3 Å². The van der Waals surface area contributed by atoms with Gasteiger partial charge in [0.2, 0.25) is 5.95 Å². The number of likely N-dealkylation sites (N-methyl/N-ethyl adjacent to an activating group) is 1. The van der Waals surface area contributed by atoms with Crippen LogP contribution in [0.15, 0.2) is 60.8 Å². The summed E-state index contributed by atoms with van der Waals surface area (Å²) in [6.45, 7) is 4.27. The van der Waals surface area contributed by atoms with E-state index in [1.807, 2.05) is 18.2 Å². The van der Waals surface area contributed by atoms with Crippen LogP contribution in [-0.2, 0) is 0 Å². The molecule has 0 radical (unpaired) electrons.